The zero-order chi connectivity index (χ0) is 12.6. The largest absolute Gasteiger partial charge is 0.465 e. The van der Waals surface area contributed by atoms with Gasteiger partial charge in [-0.15, -0.1) is 0 Å². The highest BCUT2D eigenvalue weighted by atomic mass is 16.5. The first-order chi connectivity index (χ1) is 8.06. The van der Waals surface area contributed by atoms with Crippen LogP contribution in [0.15, 0.2) is 24.3 Å². The SMILES string of the molecule is COC(=O)c1ccc2c(C)c(C)ccc2c1C. The monoisotopic (exact) mass is 228 g/mol. The number of carbonyl (C=O) groups is 1. The lowest BCUT2D eigenvalue weighted by atomic mass is 9.95. The third-order valence-corrected chi connectivity index (χ3v) is 3.42. The normalized spacial score (nSPS) is 10.6. The molecule has 0 bridgehead atoms. The predicted octanol–water partition coefficient (Wildman–Crippen LogP) is 3.55. The number of fused-ring (bicyclic) bond motifs is 1. The molecule has 0 heterocycles. The molecule has 2 aromatic rings. The maximum atomic E-state index is 11.6. The van der Waals surface area contributed by atoms with Gasteiger partial charge in [0.15, 0.2) is 0 Å². The molecule has 0 saturated carbocycles. The van der Waals surface area contributed by atoms with Crippen molar-refractivity contribution in [1.82, 2.24) is 0 Å². The Labute approximate surface area is 101 Å². The van der Waals surface area contributed by atoms with Gasteiger partial charge in [0, 0.05) is 0 Å². The predicted molar refractivity (Wildman–Crippen MR) is 69.5 cm³/mol. The highest BCUT2D eigenvalue weighted by molar-refractivity contribution is 5.99. The highest BCUT2D eigenvalue weighted by Crippen LogP contribution is 2.26. The molecular formula is C15H16O2. The highest BCUT2D eigenvalue weighted by Gasteiger charge is 2.12. The lowest BCUT2D eigenvalue weighted by Gasteiger charge is -2.11. The van der Waals surface area contributed by atoms with Crippen molar-refractivity contribution in [3.05, 3.63) is 46.5 Å². The molecule has 0 unspecified atom stereocenters. The van der Waals surface area contributed by atoms with Crippen LogP contribution in [0, 0.1) is 20.8 Å². The molecule has 2 rings (SSSR count). The van der Waals surface area contributed by atoms with E-state index in [0.29, 0.717) is 5.56 Å². The van der Waals surface area contributed by atoms with E-state index < -0.39 is 0 Å². The molecule has 0 aromatic heterocycles. The Balaban J connectivity index is 2.77. The maximum Gasteiger partial charge on any atom is 0.338 e. The van der Waals surface area contributed by atoms with Crippen molar-refractivity contribution in [3.8, 4) is 0 Å². The summed E-state index contributed by atoms with van der Waals surface area (Å²) in [6.07, 6.45) is 0. The van der Waals surface area contributed by atoms with E-state index in [1.807, 2.05) is 19.1 Å². The van der Waals surface area contributed by atoms with Crippen LogP contribution >= 0.6 is 0 Å². The summed E-state index contributed by atoms with van der Waals surface area (Å²) in [5, 5.41) is 2.33. The third kappa shape index (κ3) is 1.80. The number of esters is 1. The van der Waals surface area contributed by atoms with Crippen molar-refractivity contribution < 1.29 is 9.53 Å². The average Bonchev–Trinajstić information content (AvgIpc) is 2.33. The van der Waals surface area contributed by atoms with Gasteiger partial charge in [0.05, 0.1) is 12.7 Å². The second-order valence-electron chi connectivity index (χ2n) is 4.33. The van der Waals surface area contributed by atoms with Crippen LogP contribution in [0.5, 0.6) is 0 Å². The second-order valence-corrected chi connectivity index (χ2v) is 4.33. The summed E-state index contributed by atoms with van der Waals surface area (Å²) in [5.74, 6) is -0.275. The van der Waals surface area contributed by atoms with E-state index in [1.165, 1.54) is 23.6 Å². The number of aryl methyl sites for hydroxylation is 3. The molecule has 2 heteroatoms. The van der Waals surface area contributed by atoms with Crippen molar-refractivity contribution in [3.63, 3.8) is 0 Å². The van der Waals surface area contributed by atoms with Gasteiger partial charge in [-0.3, -0.25) is 0 Å². The molecule has 0 aliphatic heterocycles. The fourth-order valence-corrected chi connectivity index (χ4v) is 2.15. The van der Waals surface area contributed by atoms with Crippen molar-refractivity contribution >= 4 is 16.7 Å². The summed E-state index contributed by atoms with van der Waals surface area (Å²) in [6, 6.07) is 8.00. The fraction of sp³-hybridized carbons (Fsp3) is 0.267. The number of hydrogen-bond donors (Lipinski definition) is 0. The van der Waals surface area contributed by atoms with E-state index in [4.69, 9.17) is 4.74 Å². The Morgan fingerprint density at radius 3 is 2.18 bits per heavy atom. The van der Waals surface area contributed by atoms with Gasteiger partial charge in [0.25, 0.3) is 0 Å². The first-order valence-corrected chi connectivity index (χ1v) is 5.64. The van der Waals surface area contributed by atoms with Gasteiger partial charge >= 0.3 is 5.97 Å². The van der Waals surface area contributed by atoms with E-state index >= 15 is 0 Å². The standard InChI is InChI=1S/C15H16O2/c1-9-5-6-13-11(3)14(15(16)17-4)8-7-12(13)10(9)2/h5-8H,1-4H3. The van der Waals surface area contributed by atoms with Gasteiger partial charge in [0.1, 0.15) is 0 Å². The van der Waals surface area contributed by atoms with Gasteiger partial charge in [-0.25, -0.2) is 4.79 Å². The number of ether oxygens (including phenoxy) is 1. The van der Waals surface area contributed by atoms with E-state index in [1.54, 1.807) is 0 Å². The van der Waals surface area contributed by atoms with Crippen LogP contribution in [0.25, 0.3) is 10.8 Å². The molecule has 0 aliphatic rings. The molecule has 0 fully saturated rings. The van der Waals surface area contributed by atoms with Gasteiger partial charge in [-0.05, 0) is 54.3 Å². The zero-order valence-corrected chi connectivity index (χ0v) is 10.6. The quantitative estimate of drug-likeness (QED) is 0.698. The summed E-state index contributed by atoms with van der Waals surface area (Å²) < 4.78 is 4.78. The van der Waals surface area contributed by atoms with Crippen LogP contribution in [-0.4, -0.2) is 13.1 Å². The van der Waals surface area contributed by atoms with Crippen LogP contribution in [0.4, 0.5) is 0 Å². The smallest absolute Gasteiger partial charge is 0.338 e. The van der Waals surface area contributed by atoms with Crippen LogP contribution in [-0.2, 0) is 4.74 Å². The zero-order valence-electron chi connectivity index (χ0n) is 10.6. The van der Waals surface area contributed by atoms with Crippen LogP contribution in [0.3, 0.4) is 0 Å². The van der Waals surface area contributed by atoms with Gasteiger partial charge < -0.3 is 4.74 Å². The lowest BCUT2D eigenvalue weighted by Crippen LogP contribution is -2.04. The first-order valence-electron chi connectivity index (χ1n) is 5.64. The number of methoxy groups -OCH3 is 1. The molecule has 2 aromatic carbocycles. The topological polar surface area (TPSA) is 26.3 Å². The number of benzene rings is 2. The van der Waals surface area contributed by atoms with Gasteiger partial charge in [0.2, 0.25) is 0 Å². The summed E-state index contributed by atoms with van der Waals surface area (Å²) in [4.78, 5) is 11.6. The Hall–Kier alpha value is -1.83. The maximum absolute atomic E-state index is 11.6. The van der Waals surface area contributed by atoms with Crippen molar-refractivity contribution in [1.29, 1.82) is 0 Å². The van der Waals surface area contributed by atoms with Crippen molar-refractivity contribution in [2.75, 3.05) is 7.11 Å². The first kappa shape index (κ1) is 11.6. The summed E-state index contributed by atoms with van der Waals surface area (Å²) in [7, 11) is 1.41. The Bertz CT molecular complexity index is 597. The number of carbonyl (C=O) groups excluding carboxylic acids is 1. The lowest BCUT2D eigenvalue weighted by molar-refractivity contribution is 0.0600. The van der Waals surface area contributed by atoms with E-state index in [0.717, 1.165) is 10.9 Å². The van der Waals surface area contributed by atoms with Crippen LogP contribution in [0.2, 0.25) is 0 Å². The van der Waals surface area contributed by atoms with Crippen LogP contribution in [0.1, 0.15) is 27.0 Å². The Morgan fingerprint density at radius 2 is 1.53 bits per heavy atom. The molecular weight excluding hydrogens is 212 g/mol. The molecule has 0 N–H and O–H groups in total. The molecule has 17 heavy (non-hydrogen) atoms. The molecule has 0 spiro atoms. The Morgan fingerprint density at radius 1 is 0.941 bits per heavy atom. The van der Waals surface area contributed by atoms with Gasteiger partial charge in [-0.1, -0.05) is 18.2 Å². The summed E-state index contributed by atoms with van der Waals surface area (Å²) in [5.41, 5.74) is 4.16. The van der Waals surface area contributed by atoms with Crippen LogP contribution < -0.4 is 0 Å². The minimum atomic E-state index is -0.275. The Kier molecular flexibility index (Phi) is 2.88. The molecule has 0 amide bonds. The average molecular weight is 228 g/mol. The van der Waals surface area contributed by atoms with E-state index in [2.05, 4.69) is 26.0 Å². The number of hydrogen-bond acceptors (Lipinski definition) is 2. The minimum Gasteiger partial charge on any atom is -0.465 e. The van der Waals surface area contributed by atoms with E-state index in [9.17, 15) is 4.79 Å². The molecule has 0 aliphatic carbocycles. The van der Waals surface area contributed by atoms with Crippen molar-refractivity contribution in [2.45, 2.75) is 20.8 Å². The molecule has 0 radical (unpaired) electrons. The minimum absolute atomic E-state index is 0.275. The summed E-state index contributed by atoms with van der Waals surface area (Å²) >= 11 is 0. The third-order valence-electron chi connectivity index (χ3n) is 3.42. The summed E-state index contributed by atoms with van der Waals surface area (Å²) in [6.45, 7) is 6.16. The number of rotatable bonds is 1. The molecule has 0 atom stereocenters. The van der Waals surface area contributed by atoms with E-state index in [-0.39, 0.29) is 5.97 Å². The molecule has 88 valence electrons. The molecule has 0 saturated heterocycles. The molecule has 2 nitrogen and oxygen atoms in total. The van der Waals surface area contributed by atoms with Crippen molar-refractivity contribution in [2.24, 2.45) is 0 Å². The van der Waals surface area contributed by atoms with Gasteiger partial charge in [-0.2, -0.15) is 0 Å². The fourth-order valence-electron chi connectivity index (χ4n) is 2.15. The second kappa shape index (κ2) is 4.21.